The van der Waals surface area contributed by atoms with Gasteiger partial charge in [0, 0.05) is 0 Å². The van der Waals surface area contributed by atoms with Gasteiger partial charge in [0.15, 0.2) is 0 Å². The molecule has 0 aromatic carbocycles. The van der Waals surface area contributed by atoms with Crippen molar-refractivity contribution in [2.24, 2.45) is 0 Å². The Morgan fingerprint density at radius 2 is 1.00 bits per heavy atom. The van der Waals surface area contributed by atoms with Gasteiger partial charge in [-0.1, -0.05) is 0 Å². The van der Waals surface area contributed by atoms with Crippen molar-refractivity contribution in [1.29, 1.82) is 0 Å². The average molecular weight is 251 g/mol. The SMILES string of the molecule is [Pd+2].[S-]c1nnc([S-])nn1. The molecule has 1 aromatic heterocycles. The third kappa shape index (κ3) is 2.91. The van der Waals surface area contributed by atoms with E-state index in [0.717, 1.165) is 0 Å². The zero-order chi connectivity index (χ0) is 5.98. The summed E-state index contributed by atoms with van der Waals surface area (Å²) < 4.78 is 0. The quantitative estimate of drug-likeness (QED) is 0.438. The molecule has 7 heteroatoms. The van der Waals surface area contributed by atoms with Gasteiger partial charge in [0.05, 0.1) is 10.3 Å². The van der Waals surface area contributed by atoms with Crippen LogP contribution in [-0.4, -0.2) is 20.4 Å². The third-order valence-electron chi connectivity index (χ3n) is 0.442. The first-order valence-electron chi connectivity index (χ1n) is 1.70. The van der Waals surface area contributed by atoms with Crippen LogP contribution in [0.1, 0.15) is 0 Å². The Labute approximate surface area is 76.3 Å². The van der Waals surface area contributed by atoms with E-state index < -0.39 is 0 Å². The van der Waals surface area contributed by atoms with Gasteiger partial charge in [0.2, 0.25) is 0 Å². The summed E-state index contributed by atoms with van der Waals surface area (Å²) >= 11 is 8.96. The first-order chi connectivity index (χ1) is 3.79. The molecule has 0 saturated heterocycles. The van der Waals surface area contributed by atoms with Gasteiger partial charge in [-0.3, -0.25) is 0 Å². The Morgan fingerprint density at radius 1 is 0.778 bits per heavy atom. The molecule has 0 radical (unpaired) electrons. The van der Waals surface area contributed by atoms with Gasteiger partial charge >= 0.3 is 20.4 Å². The van der Waals surface area contributed by atoms with E-state index in [1.165, 1.54) is 0 Å². The second-order valence-electron chi connectivity index (χ2n) is 0.965. The summed E-state index contributed by atoms with van der Waals surface area (Å²) in [5, 5.41) is 13.7. The monoisotopic (exact) mass is 250 g/mol. The van der Waals surface area contributed by atoms with Crippen molar-refractivity contribution in [2.75, 3.05) is 0 Å². The fourth-order valence-electron chi connectivity index (χ4n) is 0.211. The van der Waals surface area contributed by atoms with Crippen molar-refractivity contribution in [1.82, 2.24) is 20.4 Å². The Hall–Kier alpha value is 0.0423. The number of hydrogen-bond acceptors (Lipinski definition) is 6. The van der Waals surface area contributed by atoms with Crippen molar-refractivity contribution in [3.8, 4) is 0 Å². The van der Waals surface area contributed by atoms with E-state index in [1.54, 1.807) is 0 Å². The molecule has 0 N–H and O–H groups in total. The third-order valence-corrected chi connectivity index (χ3v) is 0.769. The molecule has 50 valence electrons. The predicted octanol–water partition coefficient (Wildman–Crippen LogP) is -0.924. The molecular weight excluding hydrogens is 251 g/mol. The zero-order valence-corrected chi connectivity index (χ0v) is 7.11. The summed E-state index contributed by atoms with van der Waals surface area (Å²) in [5.74, 6) is 0. The van der Waals surface area contributed by atoms with E-state index in [0.29, 0.717) is 0 Å². The van der Waals surface area contributed by atoms with Gasteiger partial charge in [0.1, 0.15) is 0 Å². The second-order valence-corrected chi connectivity index (χ2v) is 1.70. The molecule has 0 saturated carbocycles. The first kappa shape index (κ1) is 9.04. The van der Waals surface area contributed by atoms with E-state index in [4.69, 9.17) is 0 Å². The van der Waals surface area contributed by atoms with Crippen molar-refractivity contribution in [3.05, 3.63) is 0 Å². The number of hydrogen-bond donors (Lipinski definition) is 0. The summed E-state index contributed by atoms with van der Waals surface area (Å²) in [7, 11) is 0. The minimum absolute atomic E-state index is 0. The van der Waals surface area contributed by atoms with Crippen LogP contribution >= 0.6 is 0 Å². The topological polar surface area (TPSA) is 51.6 Å². The van der Waals surface area contributed by atoms with Crippen LogP contribution in [0.2, 0.25) is 0 Å². The van der Waals surface area contributed by atoms with Crippen molar-refractivity contribution in [3.63, 3.8) is 0 Å². The van der Waals surface area contributed by atoms with Crippen LogP contribution in [0.15, 0.2) is 10.3 Å². The maximum Gasteiger partial charge on any atom is 2.00 e. The molecule has 1 heterocycles. The van der Waals surface area contributed by atoms with Gasteiger partial charge in [-0.05, 0) is 0 Å². The molecule has 0 aliphatic rings. The van der Waals surface area contributed by atoms with Crippen molar-refractivity contribution >= 4 is 25.3 Å². The summed E-state index contributed by atoms with van der Waals surface area (Å²) in [6, 6.07) is 0. The van der Waals surface area contributed by atoms with Gasteiger partial charge in [-0.2, -0.15) is 20.4 Å². The zero-order valence-electron chi connectivity index (χ0n) is 3.92. The van der Waals surface area contributed by atoms with Crippen LogP contribution in [0.5, 0.6) is 0 Å². The summed E-state index contributed by atoms with van der Waals surface area (Å²) in [5.41, 5.74) is 0. The van der Waals surface area contributed by atoms with Crippen LogP contribution in [-0.2, 0) is 45.7 Å². The van der Waals surface area contributed by atoms with Gasteiger partial charge in [-0.15, -0.1) is 0 Å². The number of aromatic nitrogens is 4. The number of rotatable bonds is 0. The standard InChI is InChI=1S/C2H2N4S2.Pd/c7-1-3-5-2(8)6-4-1;/h(H,3,4,7)(H,5,6,8);/q;+2/p-2. The Balaban J connectivity index is 0.000000640. The fraction of sp³-hybridized carbons (Fsp3) is 0. The molecule has 1 rings (SSSR count). The van der Waals surface area contributed by atoms with Crippen LogP contribution in [0.3, 0.4) is 0 Å². The Kier molecular flexibility index (Phi) is 3.97. The van der Waals surface area contributed by atoms with Crippen LogP contribution in [0.25, 0.3) is 0 Å². The van der Waals surface area contributed by atoms with Crippen molar-refractivity contribution in [2.45, 2.75) is 10.3 Å². The second kappa shape index (κ2) is 3.95. The summed E-state index contributed by atoms with van der Waals surface area (Å²) in [4.78, 5) is 0. The minimum Gasteiger partial charge on any atom is -0.736 e. The summed E-state index contributed by atoms with van der Waals surface area (Å²) in [6.07, 6.45) is 0. The Morgan fingerprint density at radius 3 is 1.22 bits per heavy atom. The molecule has 0 fully saturated rings. The van der Waals surface area contributed by atoms with Gasteiger partial charge in [0.25, 0.3) is 0 Å². The van der Waals surface area contributed by atoms with Crippen LogP contribution in [0, 0.1) is 0 Å². The maximum absolute atomic E-state index is 4.48. The molecule has 0 unspecified atom stereocenters. The first-order valence-corrected chi connectivity index (χ1v) is 2.52. The van der Waals surface area contributed by atoms with E-state index in [-0.39, 0.29) is 30.7 Å². The largest absolute Gasteiger partial charge is 2.00 e. The maximum atomic E-state index is 4.48. The molecule has 1 aromatic rings. The van der Waals surface area contributed by atoms with E-state index in [2.05, 4.69) is 45.7 Å². The molecule has 0 amide bonds. The average Bonchev–Trinajstić information content (AvgIpc) is 1.77. The van der Waals surface area contributed by atoms with E-state index >= 15 is 0 Å². The molecule has 0 aliphatic carbocycles. The van der Waals surface area contributed by atoms with E-state index in [1.807, 2.05) is 0 Å². The van der Waals surface area contributed by atoms with Gasteiger partial charge in [-0.25, -0.2) is 0 Å². The molecule has 0 spiro atoms. The fourth-order valence-corrected chi connectivity index (χ4v) is 0.374. The molecular formula is C2N4PdS2. The molecule has 0 bridgehead atoms. The van der Waals surface area contributed by atoms with Crippen LogP contribution in [0.4, 0.5) is 0 Å². The summed E-state index contributed by atoms with van der Waals surface area (Å²) in [6.45, 7) is 0. The number of nitrogens with zero attached hydrogens (tertiary/aromatic N) is 4. The normalized spacial score (nSPS) is 8.00. The van der Waals surface area contributed by atoms with Crippen molar-refractivity contribution < 1.29 is 20.4 Å². The minimum atomic E-state index is 0. The molecule has 0 aliphatic heterocycles. The molecule has 9 heavy (non-hydrogen) atoms. The molecule has 4 nitrogen and oxygen atoms in total. The Bertz CT molecular complexity index is 155. The molecule has 0 atom stereocenters. The van der Waals surface area contributed by atoms with Crippen LogP contribution < -0.4 is 0 Å². The smallest absolute Gasteiger partial charge is 0.736 e. The van der Waals surface area contributed by atoms with Gasteiger partial charge < -0.3 is 25.3 Å². The predicted molar refractivity (Wildman–Crippen MR) is 28.9 cm³/mol. The van der Waals surface area contributed by atoms with E-state index in [9.17, 15) is 0 Å².